The predicted molar refractivity (Wildman–Crippen MR) is 116 cm³/mol. The van der Waals surface area contributed by atoms with Crippen molar-refractivity contribution >= 4 is 35.4 Å². The van der Waals surface area contributed by atoms with Crippen molar-refractivity contribution in [2.45, 2.75) is 6.92 Å². The van der Waals surface area contributed by atoms with E-state index in [9.17, 15) is 9.59 Å². The molecule has 1 heterocycles. The van der Waals surface area contributed by atoms with Gasteiger partial charge in [-0.3, -0.25) is 4.79 Å². The minimum atomic E-state index is -0.386. The van der Waals surface area contributed by atoms with Crippen molar-refractivity contribution < 1.29 is 18.7 Å². The van der Waals surface area contributed by atoms with Gasteiger partial charge in [0.2, 0.25) is 0 Å². The predicted octanol–water partition coefficient (Wildman–Crippen LogP) is 4.34. The standard InChI is InChI=1S/C22H20ClN3O4/c1-2-29-22(28)16-5-3-4-15(12-16)20-11-10-19(30-20)13-25-26-21(27)14-24-18-8-6-17(23)7-9-18/h3-13,24H,2,14H2,1H3,(H,26,27)/b25-13-. The Labute approximate surface area is 178 Å². The molecule has 0 aliphatic heterocycles. The zero-order valence-electron chi connectivity index (χ0n) is 16.2. The molecule has 7 nitrogen and oxygen atoms in total. The molecule has 0 atom stereocenters. The van der Waals surface area contributed by atoms with Crippen LogP contribution in [0.2, 0.25) is 5.02 Å². The monoisotopic (exact) mass is 425 g/mol. The maximum atomic E-state index is 11.9. The number of hydrogen-bond acceptors (Lipinski definition) is 6. The summed E-state index contributed by atoms with van der Waals surface area (Å²) in [5.41, 5.74) is 4.38. The van der Waals surface area contributed by atoms with Crippen LogP contribution in [0, 0.1) is 0 Å². The summed E-state index contributed by atoms with van der Waals surface area (Å²) in [4.78, 5) is 23.7. The van der Waals surface area contributed by atoms with Crippen LogP contribution in [0.3, 0.4) is 0 Å². The number of anilines is 1. The van der Waals surface area contributed by atoms with Gasteiger partial charge in [0, 0.05) is 16.3 Å². The Morgan fingerprint density at radius 3 is 2.70 bits per heavy atom. The van der Waals surface area contributed by atoms with Gasteiger partial charge >= 0.3 is 5.97 Å². The second kappa shape index (κ2) is 10.3. The Hall–Kier alpha value is -3.58. The Kier molecular flexibility index (Phi) is 7.24. The Balaban J connectivity index is 1.54. The van der Waals surface area contributed by atoms with Gasteiger partial charge in [0.1, 0.15) is 11.5 Å². The van der Waals surface area contributed by atoms with E-state index in [-0.39, 0.29) is 18.4 Å². The molecule has 1 aromatic heterocycles. The van der Waals surface area contributed by atoms with Crippen LogP contribution < -0.4 is 10.7 Å². The fourth-order valence-corrected chi connectivity index (χ4v) is 2.67. The first-order valence-corrected chi connectivity index (χ1v) is 9.61. The maximum absolute atomic E-state index is 11.9. The normalized spacial score (nSPS) is 10.7. The molecule has 154 valence electrons. The molecule has 1 amide bonds. The summed E-state index contributed by atoms with van der Waals surface area (Å²) in [5.74, 6) is 0.327. The van der Waals surface area contributed by atoms with E-state index >= 15 is 0 Å². The van der Waals surface area contributed by atoms with E-state index in [4.69, 9.17) is 20.8 Å². The first kappa shape index (κ1) is 21.1. The van der Waals surface area contributed by atoms with Crippen LogP contribution in [0.1, 0.15) is 23.0 Å². The van der Waals surface area contributed by atoms with Crippen molar-refractivity contribution in [1.29, 1.82) is 0 Å². The molecule has 0 unspecified atom stereocenters. The number of rotatable bonds is 8. The van der Waals surface area contributed by atoms with Gasteiger partial charge < -0.3 is 14.5 Å². The van der Waals surface area contributed by atoms with Gasteiger partial charge in [0.05, 0.1) is 24.9 Å². The molecule has 8 heteroatoms. The smallest absolute Gasteiger partial charge is 0.338 e. The van der Waals surface area contributed by atoms with Gasteiger partial charge in [-0.15, -0.1) is 0 Å². The number of nitrogens with zero attached hydrogens (tertiary/aromatic N) is 1. The number of ether oxygens (including phenoxy) is 1. The number of hydrogen-bond donors (Lipinski definition) is 2. The molecular formula is C22H20ClN3O4. The minimum Gasteiger partial charge on any atom is -0.462 e. The van der Waals surface area contributed by atoms with Crippen LogP contribution in [0.15, 0.2) is 70.2 Å². The quantitative estimate of drug-likeness (QED) is 0.318. The molecule has 2 aromatic carbocycles. The SMILES string of the molecule is CCOC(=O)c1cccc(-c2ccc(/C=N\NC(=O)CNc3ccc(Cl)cc3)o2)c1. The molecule has 0 fully saturated rings. The highest BCUT2D eigenvalue weighted by Crippen LogP contribution is 2.23. The fraction of sp³-hybridized carbons (Fsp3) is 0.136. The van der Waals surface area contributed by atoms with Gasteiger partial charge in [-0.05, 0) is 55.5 Å². The fourth-order valence-electron chi connectivity index (χ4n) is 2.55. The van der Waals surface area contributed by atoms with Crippen molar-refractivity contribution in [2.75, 3.05) is 18.5 Å². The molecule has 3 rings (SSSR count). The lowest BCUT2D eigenvalue weighted by atomic mass is 10.1. The highest BCUT2D eigenvalue weighted by Gasteiger charge is 2.10. The minimum absolute atomic E-state index is 0.0586. The molecule has 0 radical (unpaired) electrons. The highest BCUT2D eigenvalue weighted by molar-refractivity contribution is 6.30. The molecule has 0 aliphatic carbocycles. The van der Waals surface area contributed by atoms with E-state index in [2.05, 4.69) is 15.8 Å². The van der Waals surface area contributed by atoms with Crippen LogP contribution in [-0.2, 0) is 9.53 Å². The Morgan fingerprint density at radius 2 is 1.93 bits per heavy atom. The van der Waals surface area contributed by atoms with Crippen LogP contribution in [0.4, 0.5) is 5.69 Å². The van der Waals surface area contributed by atoms with Crippen molar-refractivity contribution in [3.05, 3.63) is 77.0 Å². The average Bonchev–Trinajstić information content (AvgIpc) is 3.23. The second-order valence-corrected chi connectivity index (χ2v) is 6.59. The average molecular weight is 426 g/mol. The van der Waals surface area contributed by atoms with E-state index < -0.39 is 0 Å². The van der Waals surface area contributed by atoms with Gasteiger partial charge in [0.25, 0.3) is 5.91 Å². The number of amides is 1. The molecular weight excluding hydrogens is 406 g/mol. The van der Waals surface area contributed by atoms with Gasteiger partial charge in [-0.1, -0.05) is 23.7 Å². The van der Waals surface area contributed by atoms with Crippen LogP contribution >= 0.6 is 11.6 Å². The number of carbonyl (C=O) groups is 2. The van der Waals surface area contributed by atoms with E-state index in [0.717, 1.165) is 11.3 Å². The summed E-state index contributed by atoms with van der Waals surface area (Å²) in [6, 6.07) is 17.5. The van der Waals surface area contributed by atoms with Gasteiger partial charge in [-0.25, -0.2) is 10.2 Å². The molecule has 0 bridgehead atoms. The van der Waals surface area contributed by atoms with E-state index in [1.165, 1.54) is 6.21 Å². The summed E-state index contributed by atoms with van der Waals surface area (Å²) < 4.78 is 10.7. The van der Waals surface area contributed by atoms with Crippen molar-refractivity contribution in [3.8, 4) is 11.3 Å². The van der Waals surface area contributed by atoms with E-state index in [0.29, 0.717) is 28.7 Å². The second-order valence-electron chi connectivity index (χ2n) is 6.16. The number of hydrazone groups is 1. The number of carbonyl (C=O) groups excluding carboxylic acids is 2. The third-order valence-corrected chi connectivity index (χ3v) is 4.22. The van der Waals surface area contributed by atoms with Crippen molar-refractivity contribution in [2.24, 2.45) is 5.10 Å². The molecule has 0 aliphatic rings. The first-order valence-electron chi connectivity index (χ1n) is 9.24. The third-order valence-electron chi connectivity index (χ3n) is 3.96. The van der Waals surface area contributed by atoms with Crippen LogP contribution in [0.5, 0.6) is 0 Å². The lowest BCUT2D eigenvalue weighted by Gasteiger charge is -2.04. The largest absolute Gasteiger partial charge is 0.462 e. The van der Waals surface area contributed by atoms with Gasteiger partial charge in [-0.2, -0.15) is 5.10 Å². The number of halogens is 1. The van der Waals surface area contributed by atoms with Gasteiger partial charge in [0.15, 0.2) is 0 Å². The van der Waals surface area contributed by atoms with Crippen LogP contribution in [0.25, 0.3) is 11.3 Å². The van der Waals surface area contributed by atoms with E-state index in [1.54, 1.807) is 61.5 Å². The summed E-state index contributed by atoms with van der Waals surface area (Å²) in [5, 5.41) is 7.48. The Morgan fingerprint density at radius 1 is 1.13 bits per heavy atom. The molecule has 30 heavy (non-hydrogen) atoms. The lowest BCUT2D eigenvalue weighted by molar-refractivity contribution is -0.119. The van der Waals surface area contributed by atoms with Crippen molar-refractivity contribution in [3.63, 3.8) is 0 Å². The summed E-state index contributed by atoms with van der Waals surface area (Å²) in [6.45, 7) is 2.13. The van der Waals surface area contributed by atoms with Crippen molar-refractivity contribution in [1.82, 2.24) is 5.43 Å². The maximum Gasteiger partial charge on any atom is 0.338 e. The number of furan rings is 1. The summed E-state index contributed by atoms with van der Waals surface area (Å²) in [6.07, 6.45) is 1.40. The summed E-state index contributed by atoms with van der Waals surface area (Å²) in [7, 11) is 0. The number of benzene rings is 2. The lowest BCUT2D eigenvalue weighted by Crippen LogP contribution is -2.25. The summed E-state index contributed by atoms with van der Waals surface area (Å²) >= 11 is 5.82. The number of nitrogens with one attached hydrogen (secondary N) is 2. The molecule has 3 aromatic rings. The topological polar surface area (TPSA) is 92.9 Å². The number of esters is 1. The zero-order chi connectivity index (χ0) is 21.3. The Bertz CT molecular complexity index is 1040. The third kappa shape index (κ3) is 5.96. The zero-order valence-corrected chi connectivity index (χ0v) is 17.0. The molecule has 0 saturated carbocycles. The highest BCUT2D eigenvalue weighted by atomic mass is 35.5. The molecule has 2 N–H and O–H groups in total. The van der Waals surface area contributed by atoms with Crippen LogP contribution in [-0.4, -0.2) is 31.2 Å². The van der Waals surface area contributed by atoms with E-state index in [1.807, 2.05) is 6.07 Å². The molecule has 0 saturated heterocycles. The molecule has 0 spiro atoms. The first-order chi connectivity index (χ1) is 14.5.